The maximum Gasteiger partial charge on any atom is 0.134 e. The summed E-state index contributed by atoms with van der Waals surface area (Å²) in [7, 11) is 0. The Morgan fingerprint density at radius 2 is 1.71 bits per heavy atom. The average Bonchev–Trinajstić information content (AvgIpc) is 2.30. The summed E-state index contributed by atoms with van der Waals surface area (Å²) >= 11 is 9.18. The third-order valence-electron chi connectivity index (χ3n) is 2.20. The van der Waals surface area contributed by atoms with Gasteiger partial charge in [0.15, 0.2) is 0 Å². The first-order valence-corrected chi connectivity index (χ1v) is 7.64. The second-order valence-electron chi connectivity index (χ2n) is 3.49. The third-order valence-corrected chi connectivity index (χ3v) is 4.03. The van der Waals surface area contributed by atoms with Crippen LogP contribution in [0.1, 0.15) is 5.56 Å². The fraction of sp³-hybridized carbons (Fsp3) is 0.0769. The quantitative estimate of drug-likeness (QED) is 0.549. The van der Waals surface area contributed by atoms with E-state index in [1.807, 2.05) is 18.2 Å². The van der Waals surface area contributed by atoms with Crippen LogP contribution in [0.2, 0.25) is 0 Å². The van der Waals surface area contributed by atoms with Gasteiger partial charge in [0.2, 0.25) is 0 Å². The minimum absolute atomic E-state index is 0.581. The van der Waals surface area contributed by atoms with Gasteiger partial charge in [-0.25, -0.2) is 0 Å². The van der Waals surface area contributed by atoms with Gasteiger partial charge >= 0.3 is 0 Å². The Morgan fingerprint density at radius 1 is 1.00 bits per heavy atom. The van der Waals surface area contributed by atoms with Crippen molar-refractivity contribution in [2.75, 3.05) is 0 Å². The van der Waals surface area contributed by atoms with E-state index in [1.165, 1.54) is 9.13 Å². The van der Waals surface area contributed by atoms with Crippen molar-refractivity contribution in [3.05, 3.63) is 60.5 Å². The molecule has 0 saturated heterocycles. The summed E-state index contributed by atoms with van der Waals surface area (Å²) < 4.78 is 8.97. The van der Waals surface area contributed by atoms with Crippen molar-refractivity contribution >= 4 is 54.5 Å². The molecule has 0 heterocycles. The zero-order valence-corrected chi connectivity index (χ0v) is 14.1. The largest absolute Gasteiger partial charge is 0.488 e. The van der Waals surface area contributed by atoms with Gasteiger partial charge in [0.05, 0.1) is 4.47 Å². The summed E-state index contributed by atoms with van der Waals surface area (Å²) in [6.45, 7) is 0.581. The number of rotatable bonds is 3. The van der Waals surface area contributed by atoms with Crippen molar-refractivity contribution in [2.45, 2.75) is 6.61 Å². The molecule has 0 unspecified atom stereocenters. The Kier molecular flexibility index (Phi) is 4.87. The van der Waals surface area contributed by atoms with E-state index in [1.54, 1.807) is 0 Å². The van der Waals surface area contributed by atoms with Gasteiger partial charge in [0.25, 0.3) is 0 Å². The molecule has 4 heteroatoms. The van der Waals surface area contributed by atoms with Crippen molar-refractivity contribution in [3.8, 4) is 5.75 Å². The van der Waals surface area contributed by atoms with Crippen molar-refractivity contribution in [3.63, 3.8) is 0 Å². The number of benzene rings is 2. The number of halogens is 3. The molecule has 0 spiro atoms. The molecule has 0 aliphatic rings. The van der Waals surface area contributed by atoms with E-state index < -0.39 is 0 Å². The van der Waals surface area contributed by atoms with Crippen LogP contribution in [0.5, 0.6) is 5.75 Å². The highest BCUT2D eigenvalue weighted by atomic mass is 127. The Hall–Kier alpha value is -0.0700. The van der Waals surface area contributed by atoms with Crippen LogP contribution in [-0.2, 0) is 6.61 Å². The normalized spacial score (nSPS) is 10.3. The monoisotopic (exact) mass is 466 g/mol. The van der Waals surface area contributed by atoms with Gasteiger partial charge in [-0.1, -0.05) is 28.1 Å². The van der Waals surface area contributed by atoms with Crippen LogP contribution in [0.3, 0.4) is 0 Å². The molecule has 2 aromatic rings. The van der Waals surface area contributed by atoms with Crippen molar-refractivity contribution < 1.29 is 4.74 Å². The average molecular weight is 468 g/mol. The topological polar surface area (TPSA) is 9.23 Å². The van der Waals surface area contributed by atoms with E-state index in [-0.39, 0.29) is 0 Å². The molecule has 0 aliphatic heterocycles. The molecule has 88 valence electrons. The van der Waals surface area contributed by atoms with E-state index in [9.17, 15) is 0 Å². The van der Waals surface area contributed by atoms with E-state index in [0.29, 0.717) is 6.61 Å². The van der Waals surface area contributed by atoms with Gasteiger partial charge in [-0.3, -0.25) is 0 Å². The van der Waals surface area contributed by atoms with Gasteiger partial charge < -0.3 is 4.74 Å². The van der Waals surface area contributed by atoms with Gasteiger partial charge in [0.1, 0.15) is 12.4 Å². The highest BCUT2D eigenvalue weighted by Crippen LogP contribution is 2.28. The van der Waals surface area contributed by atoms with Crippen molar-refractivity contribution in [2.24, 2.45) is 0 Å². The summed E-state index contributed by atoms with van der Waals surface area (Å²) in [5.41, 5.74) is 1.17. The molecule has 0 radical (unpaired) electrons. The smallest absolute Gasteiger partial charge is 0.134 e. The van der Waals surface area contributed by atoms with Crippen molar-refractivity contribution in [1.82, 2.24) is 0 Å². The molecule has 0 atom stereocenters. The minimum Gasteiger partial charge on any atom is -0.488 e. The van der Waals surface area contributed by atoms with Gasteiger partial charge in [-0.05, 0) is 74.4 Å². The molecule has 0 aromatic heterocycles. The molecule has 0 saturated carbocycles. The van der Waals surface area contributed by atoms with Crippen molar-refractivity contribution in [1.29, 1.82) is 0 Å². The molecule has 0 N–H and O–H groups in total. The zero-order valence-electron chi connectivity index (χ0n) is 8.79. The van der Waals surface area contributed by atoms with Crippen LogP contribution in [0, 0.1) is 3.57 Å². The lowest BCUT2D eigenvalue weighted by atomic mass is 10.2. The van der Waals surface area contributed by atoms with Crippen LogP contribution in [0.15, 0.2) is 51.4 Å². The third kappa shape index (κ3) is 3.96. The molecule has 1 nitrogen and oxygen atoms in total. The second kappa shape index (κ2) is 6.20. The molecule has 0 amide bonds. The van der Waals surface area contributed by atoms with Gasteiger partial charge in [0, 0.05) is 8.04 Å². The summed E-state index contributed by atoms with van der Waals surface area (Å²) in [5.74, 6) is 0.853. The molecular formula is C13H9Br2IO. The standard InChI is InChI=1S/C13H9Br2IO/c14-10-3-6-13(12(15)7-10)17-8-9-1-4-11(16)5-2-9/h1-7H,8H2. The number of hydrogen-bond donors (Lipinski definition) is 0. The first-order chi connectivity index (χ1) is 8.15. The van der Waals surface area contributed by atoms with E-state index >= 15 is 0 Å². The Morgan fingerprint density at radius 3 is 2.35 bits per heavy atom. The van der Waals surface area contributed by atoms with Crippen LogP contribution in [0.25, 0.3) is 0 Å². The summed E-state index contributed by atoms with van der Waals surface area (Å²) in [6, 6.07) is 14.2. The van der Waals surface area contributed by atoms with E-state index in [2.05, 4.69) is 78.7 Å². The van der Waals surface area contributed by atoms with Crippen LogP contribution >= 0.6 is 54.5 Å². The molecule has 0 aliphatic carbocycles. The fourth-order valence-corrected chi connectivity index (χ4v) is 2.86. The lowest BCUT2D eigenvalue weighted by Gasteiger charge is -2.08. The highest BCUT2D eigenvalue weighted by molar-refractivity contribution is 14.1. The van der Waals surface area contributed by atoms with Crippen LogP contribution in [-0.4, -0.2) is 0 Å². The van der Waals surface area contributed by atoms with Crippen LogP contribution < -0.4 is 4.74 Å². The van der Waals surface area contributed by atoms with Gasteiger partial charge in [-0.2, -0.15) is 0 Å². The van der Waals surface area contributed by atoms with Crippen LogP contribution in [0.4, 0.5) is 0 Å². The molecule has 2 rings (SSSR count). The zero-order chi connectivity index (χ0) is 12.3. The first-order valence-electron chi connectivity index (χ1n) is 4.97. The predicted octanol–water partition coefficient (Wildman–Crippen LogP) is 5.40. The SMILES string of the molecule is Brc1ccc(OCc2ccc(I)cc2)c(Br)c1. The van der Waals surface area contributed by atoms with E-state index in [0.717, 1.165) is 14.7 Å². The molecular weight excluding hydrogens is 459 g/mol. The Balaban J connectivity index is 2.04. The van der Waals surface area contributed by atoms with Gasteiger partial charge in [-0.15, -0.1) is 0 Å². The molecule has 2 aromatic carbocycles. The summed E-state index contributed by atoms with van der Waals surface area (Å²) in [4.78, 5) is 0. The summed E-state index contributed by atoms with van der Waals surface area (Å²) in [5, 5.41) is 0. The predicted molar refractivity (Wildman–Crippen MR) is 85.3 cm³/mol. The lowest BCUT2D eigenvalue weighted by Crippen LogP contribution is -1.95. The fourth-order valence-electron chi connectivity index (χ4n) is 1.33. The lowest BCUT2D eigenvalue weighted by molar-refractivity contribution is 0.304. The molecule has 0 bridgehead atoms. The number of hydrogen-bond acceptors (Lipinski definition) is 1. The second-order valence-corrected chi connectivity index (χ2v) is 6.51. The summed E-state index contributed by atoms with van der Waals surface area (Å²) in [6.07, 6.45) is 0. The maximum atomic E-state index is 5.75. The maximum absolute atomic E-state index is 5.75. The molecule has 0 fully saturated rings. The van der Waals surface area contributed by atoms with E-state index in [4.69, 9.17) is 4.74 Å². The Bertz CT molecular complexity index is 511. The number of ether oxygens (including phenoxy) is 1. The highest BCUT2D eigenvalue weighted by Gasteiger charge is 2.02. The Labute approximate surface area is 131 Å². The minimum atomic E-state index is 0.581. The molecule has 17 heavy (non-hydrogen) atoms. The first kappa shape index (κ1) is 13.4.